The molecule has 0 bridgehead atoms. The largest absolute Gasteiger partial charge is 0.464 e. The minimum atomic E-state index is -0.453. The number of hydrogen-bond donors (Lipinski definition) is 1. The van der Waals surface area contributed by atoms with Crippen molar-refractivity contribution < 1.29 is 9.53 Å². The number of anilines is 1. The zero-order valence-electron chi connectivity index (χ0n) is 10.1. The second kappa shape index (κ2) is 4.47. The Bertz CT molecular complexity index is 657. The molecule has 0 fully saturated rings. The number of nitrogen functional groups attached to an aromatic ring is 1. The van der Waals surface area contributed by atoms with Gasteiger partial charge in [-0.3, -0.25) is 9.36 Å². The number of rotatable bonds is 3. The monoisotopic (exact) mass is 251 g/mol. The van der Waals surface area contributed by atoms with Gasteiger partial charge in [-0.05, 0) is 0 Å². The van der Waals surface area contributed by atoms with Gasteiger partial charge in [-0.2, -0.15) is 4.98 Å². The van der Waals surface area contributed by atoms with Crippen LogP contribution in [0.3, 0.4) is 0 Å². The summed E-state index contributed by atoms with van der Waals surface area (Å²) in [4.78, 5) is 29.9. The van der Waals surface area contributed by atoms with Gasteiger partial charge in [-0.15, -0.1) is 0 Å². The molecule has 18 heavy (non-hydrogen) atoms. The molecule has 0 radical (unpaired) electrons. The van der Waals surface area contributed by atoms with Gasteiger partial charge in [0.05, 0.1) is 12.9 Å². The maximum atomic E-state index is 11.4. The van der Waals surface area contributed by atoms with Crippen LogP contribution in [-0.2, 0) is 23.1 Å². The van der Waals surface area contributed by atoms with Crippen molar-refractivity contribution >= 4 is 23.0 Å². The van der Waals surface area contributed by atoms with E-state index in [-0.39, 0.29) is 18.4 Å². The van der Waals surface area contributed by atoms with Crippen molar-refractivity contribution in [2.45, 2.75) is 13.5 Å². The number of carbonyl (C=O) groups is 1. The fourth-order valence-electron chi connectivity index (χ4n) is 1.60. The molecule has 0 saturated heterocycles. The summed E-state index contributed by atoms with van der Waals surface area (Å²) in [5, 5.41) is 0. The van der Waals surface area contributed by atoms with E-state index >= 15 is 0 Å². The molecular weight excluding hydrogens is 238 g/mol. The first-order chi connectivity index (χ1) is 8.50. The molecule has 0 saturated carbocycles. The maximum Gasteiger partial charge on any atom is 0.351 e. The highest BCUT2D eigenvalue weighted by Crippen LogP contribution is 2.15. The Morgan fingerprint density at radius 1 is 1.56 bits per heavy atom. The highest BCUT2D eigenvalue weighted by Gasteiger charge is 2.11. The molecule has 8 nitrogen and oxygen atoms in total. The summed E-state index contributed by atoms with van der Waals surface area (Å²) in [6, 6.07) is 0. The number of imidazole rings is 1. The number of esters is 1. The molecule has 0 aliphatic heterocycles. The van der Waals surface area contributed by atoms with Gasteiger partial charge in [0, 0.05) is 14.0 Å². The van der Waals surface area contributed by atoms with Crippen LogP contribution in [0.1, 0.15) is 6.92 Å². The Balaban J connectivity index is 2.38. The fourth-order valence-corrected chi connectivity index (χ4v) is 1.60. The SMILES string of the molecule is CC(=O)OCCn1cnc2nc(=O)n(C)c(N)c21. The highest BCUT2D eigenvalue weighted by molar-refractivity contribution is 5.81. The first kappa shape index (κ1) is 12.1. The lowest BCUT2D eigenvalue weighted by Crippen LogP contribution is -2.23. The van der Waals surface area contributed by atoms with Crippen molar-refractivity contribution in [2.75, 3.05) is 12.3 Å². The predicted octanol–water partition coefficient (Wildman–Crippen LogP) is -0.725. The molecule has 0 aliphatic rings. The molecule has 0 aromatic carbocycles. The number of ether oxygens (including phenoxy) is 1. The molecule has 0 atom stereocenters. The number of carbonyl (C=O) groups excluding carboxylic acids is 1. The van der Waals surface area contributed by atoms with Gasteiger partial charge in [-0.25, -0.2) is 9.78 Å². The van der Waals surface area contributed by atoms with Crippen LogP contribution in [0.25, 0.3) is 11.2 Å². The Labute approximate surface area is 102 Å². The molecule has 96 valence electrons. The molecule has 8 heteroatoms. The van der Waals surface area contributed by atoms with Gasteiger partial charge in [-0.1, -0.05) is 0 Å². The average Bonchev–Trinajstić information content (AvgIpc) is 2.69. The van der Waals surface area contributed by atoms with E-state index in [9.17, 15) is 9.59 Å². The molecule has 0 spiro atoms. The third-order valence-corrected chi connectivity index (χ3v) is 2.55. The molecule has 2 aromatic heterocycles. The first-order valence-electron chi connectivity index (χ1n) is 5.31. The summed E-state index contributed by atoms with van der Waals surface area (Å²) in [5.74, 6) is -0.0664. The molecular formula is C10H13N5O3. The van der Waals surface area contributed by atoms with Gasteiger partial charge >= 0.3 is 11.7 Å². The molecule has 2 aromatic rings. The van der Waals surface area contributed by atoms with Gasteiger partial charge in [0.15, 0.2) is 5.65 Å². The van der Waals surface area contributed by atoms with E-state index in [2.05, 4.69) is 9.97 Å². The molecule has 2 heterocycles. The Hall–Kier alpha value is -2.38. The zero-order valence-corrected chi connectivity index (χ0v) is 10.1. The number of hydrogen-bond acceptors (Lipinski definition) is 6. The van der Waals surface area contributed by atoms with Crippen molar-refractivity contribution in [2.24, 2.45) is 7.05 Å². The number of nitrogens with two attached hydrogens (primary N) is 1. The van der Waals surface area contributed by atoms with Crippen molar-refractivity contribution in [3.8, 4) is 0 Å². The fraction of sp³-hybridized carbons (Fsp3) is 0.400. The van der Waals surface area contributed by atoms with Gasteiger partial charge < -0.3 is 15.0 Å². The van der Waals surface area contributed by atoms with Gasteiger partial charge in [0.25, 0.3) is 0 Å². The summed E-state index contributed by atoms with van der Waals surface area (Å²) in [6.07, 6.45) is 1.51. The van der Waals surface area contributed by atoms with E-state index in [0.29, 0.717) is 17.7 Å². The first-order valence-corrected chi connectivity index (χ1v) is 5.31. The van der Waals surface area contributed by atoms with Crippen molar-refractivity contribution in [3.63, 3.8) is 0 Å². The van der Waals surface area contributed by atoms with E-state index in [0.717, 1.165) is 0 Å². The molecule has 2 N–H and O–H groups in total. The smallest absolute Gasteiger partial charge is 0.351 e. The third-order valence-electron chi connectivity index (χ3n) is 2.55. The van der Waals surface area contributed by atoms with E-state index < -0.39 is 5.69 Å². The van der Waals surface area contributed by atoms with Gasteiger partial charge in [0.1, 0.15) is 17.9 Å². The minimum Gasteiger partial charge on any atom is -0.464 e. The van der Waals surface area contributed by atoms with Crippen LogP contribution < -0.4 is 11.4 Å². The predicted molar refractivity (Wildman–Crippen MR) is 63.8 cm³/mol. The normalized spacial score (nSPS) is 10.8. The third kappa shape index (κ3) is 2.04. The van der Waals surface area contributed by atoms with E-state index in [1.807, 2.05) is 0 Å². The lowest BCUT2D eigenvalue weighted by atomic mass is 10.4. The second-order valence-electron chi connectivity index (χ2n) is 3.79. The zero-order chi connectivity index (χ0) is 13.3. The maximum absolute atomic E-state index is 11.4. The van der Waals surface area contributed by atoms with Crippen LogP contribution in [0.2, 0.25) is 0 Å². The topological polar surface area (TPSA) is 105 Å². The van der Waals surface area contributed by atoms with Crippen LogP contribution >= 0.6 is 0 Å². The summed E-state index contributed by atoms with van der Waals surface area (Å²) in [5.41, 5.74) is 6.25. The van der Waals surface area contributed by atoms with Crippen molar-refractivity contribution in [3.05, 3.63) is 16.8 Å². The van der Waals surface area contributed by atoms with E-state index in [4.69, 9.17) is 10.5 Å². The van der Waals surface area contributed by atoms with Crippen LogP contribution in [-0.4, -0.2) is 31.7 Å². The quantitative estimate of drug-likeness (QED) is 0.721. The van der Waals surface area contributed by atoms with Crippen molar-refractivity contribution in [1.82, 2.24) is 19.1 Å². The Morgan fingerprint density at radius 2 is 2.28 bits per heavy atom. The van der Waals surface area contributed by atoms with Gasteiger partial charge in [0.2, 0.25) is 0 Å². The van der Waals surface area contributed by atoms with Crippen LogP contribution in [0.4, 0.5) is 5.82 Å². The highest BCUT2D eigenvalue weighted by atomic mass is 16.5. The van der Waals surface area contributed by atoms with Crippen LogP contribution in [0.5, 0.6) is 0 Å². The number of aromatic nitrogens is 4. The minimum absolute atomic E-state index is 0.211. The summed E-state index contributed by atoms with van der Waals surface area (Å²) in [7, 11) is 1.54. The lowest BCUT2D eigenvalue weighted by molar-refractivity contribution is -0.141. The Morgan fingerprint density at radius 3 is 2.94 bits per heavy atom. The molecule has 0 unspecified atom stereocenters. The number of nitrogens with zero attached hydrogens (tertiary/aromatic N) is 4. The van der Waals surface area contributed by atoms with Crippen molar-refractivity contribution in [1.29, 1.82) is 0 Å². The van der Waals surface area contributed by atoms with E-state index in [1.54, 1.807) is 4.57 Å². The average molecular weight is 251 g/mol. The number of fused-ring (bicyclic) bond motifs is 1. The van der Waals surface area contributed by atoms with Crippen LogP contribution in [0.15, 0.2) is 11.1 Å². The van der Waals surface area contributed by atoms with E-state index in [1.165, 1.54) is 24.9 Å². The summed E-state index contributed by atoms with van der Waals surface area (Å²) < 4.78 is 7.78. The Kier molecular flexibility index (Phi) is 3.00. The molecule has 0 aliphatic carbocycles. The molecule has 2 rings (SSSR count). The lowest BCUT2D eigenvalue weighted by Gasteiger charge is -2.08. The second-order valence-corrected chi connectivity index (χ2v) is 3.79. The summed E-state index contributed by atoms with van der Waals surface area (Å²) in [6.45, 7) is 1.95. The van der Waals surface area contributed by atoms with Crippen LogP contribution in [0, 0.1) is 0 Å². The standard InChI is InChI=1S/C10H13N5O3/c1-6(16)18-4-3-15-5-12-9-7(15)8(11)14(2)10(17)13-9/h5H,3-4,11H2,1-2H3. The summed E-state index contributed by atoms with van der Waals surface area (Å²) >= 11 is 0. The molecule has 0 amide bonds.